The van der Waals surface area contributed by atoms with Crippen LogP contribution in [0.4, 0.5) is 0 Å². The maximum atomic E-state index is 9.70. The molecule has 0 bridgehead atoms. The monoisotopic (exact) mass is 184 g/mol. The van der Waals surface area contributed by atoms with E-state index in [1.807, 2.05) is 0 Å². The predicted molar refractivity (Wildman–Crippen MR) is 52.6 cm³/mol. The molecule has 0 aromatic heterocycles. The minimum Gasteiger partial charge on any atom is -0.390 e. The molecule has 0 radical (unpaired) electrons. The summed E-state index contributed by atoms with van der Waals surface area (Å²) in [5.74, 6) is 0.878. The summed E-state index contributed by atoms with van der Waals surface area (Å²) in [4.78, 5) is 2.45. The molecule has 2 rings (SSSR count). The van der Waals surface area contributed by atoms with Gasteiger partial charge in [-0.1, -0.05) is 6.92 Å². The topological polar surface area (TPSA) is 35.5 Å². The summed E-state index contributed by atoms with van der Waals surface area (Å²) in [5.41, 5.74) is 0. The van der Waals surface area contributed by atoms with Crippen LogP contribution in [0, 0.1) is 5.92 Å². The van der Waals surface area contributed by atoms with Crippen LogP contribution in [0.5, 0.6) is 0 Å². The van der Waals surface area contributed by atoms with Gasteiger partial charge in [-0.05, 0) is 31.8 Å². The third-order valence-corrected chi connectivity index (χ3v) is 3.44. The van der Waals surface area contributed by atoms with Crippen LogP contribution in [-0.4, -0.2) is 48.3 Å². The van der Waals surface area contributed by atoms with Crippen LogP contribution in [0.25, 0.3) is 0 Å². The maximum absolute atomic E-state index is 9.70. The molecule has 2 saturated heterocycles. The van der Waals surface area contributed by atoms with Crippen LogP contribution in [0.3, 0.4) is 0 Å². The zero-order valence-corrected chi connectivity index (χ0v) is 8.37. The van der Waals surface area contributed by atoms with Crippen molar-refractivity contribution in [3.05, 3.63) is 0 Å². The Kier molecular flexibility index (Phi) is 2.86. The molecule has 2 aliphatic rings. The Labute approximate surface area is 80.1 Å². The van der Waals surface area contributed by atoms with E-state index in [1.54, 1.807) is 0 Å². The fourth-order valence-electron chi connectivity index (χ4n) is 2.38. The third kappa shape index (κ3) is 2.03. The molecule has 2 atom stereocenters. The van der Waals surface area contributed by atoms with Gasteiger partial charge in [0.2, 0.25) is 0 Å². The fraction of sp³-hybridized carbons (Fsp3) is 1.00. The number of rotatable bonds is 1. The van der Waals surface area contributed by atoms with E-state index in [0.29, 0.717) is 6.04 Å². The molecular formula is C10H20N2O. The Morgan fingerprint density at radius 2 is 1.92 bits per heavy atom. The maximum Gasteiger partial charge on any atom is 0.0831 e. The van der Waals surface area contributed by atoms with Crippen LogP contribution in [0.1, 0.15) is 19.8 Å². The van der Waals surface area contributed by atoms with Gasteiger partial charge < -0.3 is 10.4 Å². The first-order valence-electron chi connectivity index (χ1n) is 5.40. The van der Waals surface area contributed by atoms with Crippen molar-refractivity contribution in [3.63, 3.8) is 0 Å². The predicted octanol–water partition coefficient (Wildman–Crippen LogP) is 0.0510. The highest BCUT2D eigenvalue weighted by atomic mass is 16.3. The minimum absolute atomic E-state index is 0.145. The first kappa shape index (κ1) is 9.44. The van der Waals surface area contributed by atoms with Gasteiger partial charge >= 0.3 is 0 Å². The van der Waals surface area contributed by atoms with Crippen molar-refractivity contribution in [1.82, 2.24) is 10.2 Å². The lowest BCUT2D eigenvalue weighted by atomic mass is 9.97. The summed E-state index contributed by atoms with van der Waals surface area (Å²) in [6.07, 6.45) is 2.44. The van der Waals surface area contributed by atoms with Crippen molar-refractivity contribution in [1.29, 1.82) is 0 Å². The van der Waals surface area contributed by atoms with Gasteiger partial charge in [0.25, 0.3) is 0 Å². The lowest BCUT2D eigenvalue weighted by Gasteiger charge is -2.35. The second-order valence-electron chi connectivity index (χ2n) is 4.51. The van der Waals surface area contributed by atoms with Gasteiger partial charge in [-0.15, -0.1) is 0 Å². The normalized spacial score (nSPS) is 38.3. The number of β-amino-alcohol motifs (C(OH)–C–C–N with tert-alkyl or cyclic N) is 1. The van der Waals surface area contributed by atoms with E-state index in [1.165, 1.54) is 25.9 Å². The number of piperidine rings is 1. The van der Waals surface area contributed by atoms with Crippen molar-refractivity contribution in [2.75, 3.05) is 26.2 Å². The van der Waals surface area contributed by atoms with Crippen molar-refractivity contribution in [2.45, 2.75) is 31.9 Å². The Morgan fingerprint density at radius 3 is 2.46 bits per heavy atom. The SMILES string of the molecule is CC1CCN(C2CNCC2O)CC1. The molecule has 13 heavy (non-hydrogen) atoms. The van der Waals surface area contributed by atoms with E-state index < -0.39 is 0 Å². The average molecular weight is 184 g/mol. The molecule has 0 aromatic carbocycles. The summed E-state index contributed by atoms with van der Waals surface area (Å²) in [5, 5.41) is 12.9. The highest BCUT2D eigenvalue weighted by Gasteiger charge is 2.31. The molecule has 3 nitrogen and oxygen atoms in total. The molecular weight excluding hydrogens is 164 g/mol. The molecule has 2 heterocycles. The van der Waals surface area contributed by atoms with Gasteiger partial charge in [0, 0.05) is 19.1 Å². The number of nitrogens with one attached hydrogen (secondary N) is 1. The molecule has 0 amide bonds. The first-order valence-corrected chi connectivity index (χ1v) is 5.40. The van der Waals surface area contributed by atoms with Gasteiger partial charge in [0.1, 0.15) is 0 Å². The van der Waals surface area contributed by atoms with Crippen molar-refractivity contribution in [2.24, 2.45) is 5.92 Å². The van der Waals surface area contributed by atoms with Gasteiger partial charge in [0.15, 0.2) is 0 Å². The lowest BCUT2D eigenvalue weighted by molar-refractivity contribution is 0.0609. The summed E-state index contributed by atoms with van der Waals surface area (Å²) in [6.45, 7) is 6.40. The van der Waals surface area contributed by atoms with Crippen molar-refractivity contribution >= 4 is 0 Å². The first-order chi connectivity index (χ1) is 6.27. The minimum atomic E-state index is -0.145. The van der Waals surface area contributed by atoms with E-state index in [9.17, 15) is 5.11 Å². The molecule has 0 aliphatic carbocycles. The highest BCUT2D eigenvalue weighted by Crippen LogP contribution is 2.20. The van der Waals surface area contributed by atoms with Crippen LogP contribution < -0.4 is 5.32 Å². The standard InChI is InChI=1S/C10H20N2O/c1-8-2-4-12(5-3-8)9-6-11-7-10(9)13/h8-11,13H,2-7H2,1H3. The zero-order valence-electron chi connectivity index (χ0n) is 8.37. The average Bonchev–Trinajstić information content (AvgIpc) is 2.53. The number of likely N-dealkylation sites (tertiary alicyclic amines) is 1. The Morgan fingerprint density at radius 1 is 1.23 bits per heavy atom. The van der Waals surface area contributed by atoms with Gasteiger partial charge in [0.05, 0.1) is 6.10 Å². The molecule has 2 unspecified atom stereocenters. The summed E-state index contributed by atoms with van der Waals surface area (Å²) >= 11 is 0. The summed E-state index contributed by atoms with van der Waals surface area (Å²) in [6, 6.07) is 0.382. The smallest absolute Gasteiger partial charge is 0.0831 e. The second kappa shape index (κ2) is 3.95. The number of nitrogens with zero attached hydrogens (tertiary/aromatic N) is 1. The van der Waals surface area contributed by atoms with Crippen LogP contribution >= 0.6 is 0 Å². The Hall–Kier alpha value is -0.120. The van der Waals surface area contributed by atoms with E-state index in [2.05, 4.69) is 17.1 Å². The molecule has 3 heteroatoms. The van der Waals surface area contributed by atoms with Crippen molar-refractivity contribution in [3.8, 4) is 0 Å². The number of hydrogen-bond acceptors (Lipinski definition) is 3. The van der Waals surface area contributed by atoms with E-state index in [0.717, 1.165) is 19.0 Å². The van der Waals surface area contributed by atoms with E-state index in [-0.39, 0.29) is 6.10 Å². The molecule has 76 valence electrons. The van der Waals surface area contributed by atoms with Crippen LogP contribution in [-0.2, 0) is 0 Å². The second-order valence-corrected chi connectivity index (χ2v) is 4.51. The number of aliphatic hydroxyl groups excluding tert-OH is 1. The number of aliphatic hydroxyl groups is 1. The Bertz CT molecular complexity index is 166. The lowest BCUT2D eigenvalue weighted by Crippen LogP contribution is -2.46. The third-order valence-electron chi connectivity index (χ3n) is 3.44. The molecule has 0 aromatic rings. The molecule has 2 fully saturated rings. The number of hydrogen-bond donors (Lipinski definition) is 2. The highest BCUT2D eigenvalue weighted by molar-refractivity contribution is 4.90. The molecule has 2 aliphatic heterocycles. The summed E-state index contributed by atoms with van der Waals surface area (Å²) in [7, 11) is 0. The summed E-state index contributed by atoms with van der Waals surface area (Å²) < 4.78 is 0. The molecule has 0 saturated carbocycles. The van der Waals surface area contributed by atoms with Crippen molar-refractivity contribution < 1.29 is 5.11 Å². The van der Waals surface area contributed by atoms with Gasteiger partial charge in [-0.25, -0.2) is 0 Å². The Balaban J connectivity index is 1.86. The van der Waals surface area contributed by atoms with Crippen LogP contribution in [0.15, 0.2) is 0 Å². The molecule has 0 spiro atoms. The van der Waals surface area contributed by atoms with Crippen LogP contribution in [0.2, 0.25) is 0 Å². The van der Waals surface area contributed by atoms with E-state index >= 15 is 0 Å². The zero-order chi connectivity index (χ0) is 9.26. The quantitative estimate of drug-likeness (QED) is 0.604. The fourth-order valence-corrected chi connectivity index (χ4v) is 2.38. The molecule has 2 N–H and O–H groups in total. The van der Waals surface area contributed by atoms with E-state index in [4.69, 9.17) is 0 Å². The van der Waals surface area contributed by atoms with Gasteiger partial charge in [-0.2, -0.15) is 0 Å². The largest absolute Gasteiger partial charge is 0.390 e. The van der Waals surface area contributed by atoms with Gasteiger partial charge in [-0.3, -0.25) is 4.90 Å².